The first-order valence-corrected chi connectivity index (χ1v) is 8.37. The van der Waals surface area contributed by atoms with Crippen LogP contribution < -0.4 is 0 Å². The first-order valence-electron chi connectivity index (χ1n) is 8.37. The third kappa shape index (κ3) is 4.96. The monoisotopic (exact) mass is 319 g/mol. The van der Waals surface area contributed by atoms with Crippen LogP contribution in [0.5, 0.6) is 0 Å². The second kappa shape index (κ2) is 6.52. The quantitative estimate of drug-likeness (QED) is 0.895. The number of likely N-dealkylation sites (tertiary alicyclic amines) is 1. The summed E-state index contributed by atoms with van der Waals surface area (Å²) in [6, 6.07) is 8.17. The van der Waals surface area contributed by atoms with E-state index >= 15 is 0 Å². The predicted octanol–water partition coefficient (Wildman–Crippen LogP) is 4.03. The molecule has 0 atom stereocenters. The molecule has 1 saturated heterocycles. The lowest BCUT2D eigenvalue weighted by atomic mass is 9.86. The van der Waals surface area contributed by atoms with Crippen LogP contribution in [0.15, 0.2) is 24.3 Å². The van der Waals surface area contributed by atoms with Crippen LogP contribution in [0.25, 0.3) is 0 Å². The highest BCUT2D eigenvalue weighted by Crippen LogP contribution is 2.31. The third-order valence-corrected chi connectivity index (χ3v) is 4.21. The maximum absolute atomic E-state index is 12.1. The van der Waals surface area contributed by atoms with Crippen molar-refractivity contribution in [3.63, 3.8) is 0 Å². The first kappa shape index (κ1) is 17.8. The molecular formula is C19H29NO3. The minimum Gasteiger partial charge on any atom is -0.444 e. The van der Waals surface area contributed by atoms with Gasteiger partial charge >= 0.3 is 6.09 Å². The van der Waals surface area contributed by atoms with E-state index in [0.717, 1.165) is 18.4 Å². The van der Waals surface area contributed by atoms with Crippen molar-refractivity contribution in [2.24, 2.45) is 0 Å². The predicted molar refractivity (Wildman–Crippen MR) is 91.5 cm³/mol. The molecular weight excluding hydrogens is 290 g/mol. The fraction of sp³-hybridized carbons (Fsp3) is 0.632. The minimum absolute atomic E-state index is 0.221. The first-order chi connectivity index (χ1) is 10.6. The fourth-order valence-corrected chi connectivity index (χ4v) is 2.90. The Morgan fingerprint density at radius 3 is 2.30 bits per heavy atom. The van der Waals surface area contributed by atoms with Gasteiger partial charge in [0.25, 0.3) is 0 Å². The van der Waals surface area contributed by atoms with Crippen molar-refractivity contribution in [1.29, 1.82) is 0 Å². The molecule has 128 valence electrons. The van der Waals surface area contributed by atoms with Gasteiger partial charge in [0.2, 0.25) is 0 Å². The Bertz CT molecular complexity index is 546. The molecule has 0 spiro atoms. The van der Waals surface area contributed by atoms with Crippen LogP contribution in [0.4, 0.5) is 4.79 Å². The summed E-state index contributed by atoms with van der Waals surface area (Å²) in [4.78, 5) is 13.9. The number of rotatable bonds is 2. The number of nitrogens with zero attached hydrogens (tertiary/aromatic N) is 1. The topological polar surface area (TPSA) is 49.8 Å². The number of aliphatic hydroxyl groups is 1. The lowest BCUT2D eigenvalue weighted by Gasteiger charge is -2.34. The Labute approximate surface area is 139 Å². The number of benzene rings is 1. The van der Waals surface area contributed by atoms with Crippen molar-refractivity contribution in [3.05, 3.63) is 35.4 Å². The van der Waals surface area contributed by atoms with Crippen LogP contribution in [0.3, 0.4) is 0 Å². The van der Waals surface area contributed by atoms with Crippen molar-refractivity contribution >= 4 is 6.09 Å². The summed E-state index contributed by atoms with van der Waals surface area (Å²) in [5.41, 5.74) is 0.903. The van der Waals surface area contributed by atoms with E-state index in [2.05, 4.69) is 12.1 Å². The zero-order chi connectivity index (χ0) is 17.3. The average Bonchev–Trinajstić information content (AvgIpc) is 2.45. The summed E-state index contributed by atoms with van der Waals surface area (Å²) in [5, 5.41) is 10.2. The van der Waals surface area contributed by atoms with E-state index in [0.29, 0.717) is 19.0 Å². The van der Waals surface area contributed by atoms with Crippen LogP contribution in [0.2, 0.25) is 0 Å². The number of amides is 1. The summed E-state index contributed by atoms with van der Waals surface area (Å²) < 4.78 is 5.44. The summed E-state index contributed by atoms with van der Waals surface area (Å²) in [6.45, 7) is 10.7. The van der Waals surface area contributed by atoms with E-state index in [9.17, 15) is 9.90 Å². The maximum atomic E-state index is 12.1. The Hall–Kier alpha value is -1.55. The molecule has 0 aromatic heterocycles. The molecule has 0 aliphatic carbocycles. The van der Waals surface area contributed by atoms with Gasteiger partial charge in [0.05, 0.1) is 5.60 Å². The van der Waals surface area contributed by atoms with E-state index < -0.39 is 11.2 Å². The highest BCUT2D eigenvalue weighted by atomic mass is 16.6. The molecule has 1 heterocycles. The van der Waals surface area contributed by atoms with E-state index in [1.165, 1.54) is 5.56 Å². The molecule has 4 heteroatoms. The van der Waals surface area contributed by atoms with Crippen LogP contribution >= 0.6 is 0 Å². The second-order valence-corrected chi connectivity index (χ2v) is 7.93. The van der Waals surface area contributed by atoms with E-state index in [1.54, 1.807) is 18.7 Å². The smallest absolute Gasteiger partial charge is 0.410 e. The molecule has 2 rings (SSSR count). The van der Waals surface area contributed by atoms with E-state index in [4.69, 9.17) is 4.74 Å². The molecule has 0 radical (unpaired) electrons. The average molecular weight is 319 g/mol. The zero-order valence-corrected chi connectivity index (χ0v) is 14.9. The van der Waals surface area contributed by atoms with Crippen LogP contribution in [-0.4, -0.2) is 34.8 Å². The highest BCUT2D eigenvalue weighted by Gasteiger charge is 2.28. The number of hydrogen-bond donors (Lipinski definition) is 1. The van der Waals surface area contributed by atoms with Gasteiger partial charge in [-0.15, -0.1) is 0 Å². The van der Waals surface area contributed by atoms with Gasteiger partial charge in [-0.05, 0) is 64.5 Å². The Morgan fingerprint density at radius 1 is 1.17 bits per heavy atom. The van der Waals surface area contributed by atoms with Gasteiger partial charge in [0.15, 0.2) is 0 Å². The van der Waals surface area contributed by atoms with Crippen molar-refractivity contribution in [1.82, 2.24) is 4.90 Å². The summed E-state index contributed by atoms with van der Waals surface area (Å²) in [7, 11) is 0. The molecule has 1 fully saturated rings. The maximum Gasteiger partial charge on any atom is 0.410 e. The number of hydrogen-bond acceptors (Lipinski definition) is 3. The van der Waals surface area contributed by atoms with Crippen molar-refractivity contribution in [2.75, 3.05) is 13.1 Å². The molecule has 0 bridgehead atoms. The molecule has 0 unspecified atom stereocenters. The Morgan fingerprint density at radius 2 is 1.78 bits per heavy atom. The van der Waals surface area contributed by atoms with Gasteiger partial charge in [-0.3, -0.25) is 0 Å². The number of piperidine rings is 1. The van der Waals surface area contributed by atoms with Gasteiger partial charge in [0, 0.05) is 13.1 Å². The van der Waals surface area contributed by atoms with Gasteiger partial charge in [0.1, 0.15) is 5.60 Å². The molecule has 1 aromatic rings. The zero-order valence-electron chi connectivity index (χ0n) is 14.9. The van der Waals surface area contributed by atoms with Crippen LogP contribution in [0, 0.1) is 0 Å². The standard InChI is InChI=1S/C19H29NO3/c1-18(2,3)23-17(21)20-11-9-14(10-12-20)15-7-6-8-16(13-15)19(4,5)22/h6-8,13-14,22H,9-12H2,1-5H3. The largest absolute Gasteiger partial charge is 0.444 e. The molecule has 1 N–H and O–H groups in total. The van der Waals surface area contributed by atoms with Gasteiger partial charge in [-0.1, -0.05) is 24.3 Å². The number of carbonyl (C=O) groups excluding carboxylic acids is 1. The SMILES string of the molecule is CC(C)(C)OC(=O)N1CCC(c2cccc(C(C)(C)O)c2)CC1. The summed E-state index contributed by atoms with van der Waals surface area (Å²) in [6.07, 6.45) is 1.63. The van der Waals surface area contributed by atoms with Crippen LogP contribution in [-0.2, 0) is 10.3 Å². The van der Waals surface area contributed by atoms with Gasteiger partial charge < -0.3 is 14.7 Å². The lowest BCUT2D eigenvalue weighted by Crippen LogP contribution is -2.41. The third-order valence-electron chi connectivity index (χ3n) is 4.21. The molecule has 1 aromatic carbocycles. The fourth-order valence-electron chi connectivity index (χ4n) is 2.90. The number of ether oxygens (including phenoxy) is 1. The molecule has 23 heavy (non-hydrogen) atoms. The normalized spacial score (nSPS) is 17.2. The summed E-state index contributed by atoms with van der Waals surface area (Å²) >= 11 is 0. The molecule has 0 saturated carbocycles. The van der Waals surface area contributed by atoms with Crippen LogP contribution in [0.1, 0.15) is 64.5 Å². The van der Waals surface area contributed by atoms with Crippen molar-refractivity contribution in [2.45, 2.75) is 64.6 Å². The van der Waals surface area contributed by atoms with Crippen molar-refractivity contribution < 1.29 is 14.6 Å². The molecule has 1 amide bonds. The molecule has 1 aliphatic rings. The van der Waals surface area contributed by atoms with Gasteiger partial charge in [-0.25, -0.2) is 4.79 Å². The second-order valence-electron chi connectivity index (χ2n) is 7.93. The van der Waals surface area contributed by atoms with Gasteiger partial charge in [-0.2, -0.15) is 0 Å². The minimum atomic E-state index is -0.826. The van der Waals surface area contributed by atoms with Crippen molar-refractivity contribution in [3.8, 4) is 0 Å². The van der Waals surface area contributed by atoms with E-state index in [-0.39, 0.29) is 6.09 Å². The molecule has 1 aliphatic heterocycles. The Balaban J connectivity index is 1.98. The Kier molecular flexibility index (Phi) is 5.04. The lowest BCUT2D eigenvalue weighted by molar-refractivity contribution is 0.0205. The number of carbonyl (C=O) groups is 1. The highest BCUT2D eigenvalue weighted by molar-refractivity contribution is 5.68. The van der Waals surface area contributed by atoms with E-state index in [1.807, 2.05) is 32.9 Å². The summed E-state index contributed by atoms with van der Waals surface area (Å²) in [5.74, 6) is 0.427. The molecule has 4 nitrogen and oxygen atoms in total.